The van der Waals surface area contributed by atoms with Crippen LogP contribution in [0.15, 0.2) is 114 Å². The summed E-state index contributed by atoms with van der Waals surface area (Å²) in [7, 11) is 0. The highest BCUT2D eigenvalue weighted by atomic mass is 16.5. The van der Waals surface area contributed by atoms with Gasteiger partial charge < -0.3 is 19.7 Å². The molecule has 2 heterocycles. The number of imidazole rings is 1. The maximum atomic E-state index is 12.9. The summed E-state index contributed by atoms with van der Waals surface area (Å²) in [6, 6.07) is 36.4. The number of aromatic nitrogens is 2. The first-order chi connectivity index (χ1) is 22.0. The number of hydrogen-bond donors (Lipinski definition) is 2. The van der Waals surface area contributed by atoms with Gasteiger partial charge >= 0.3 is 11.8 Å². The van der Waals surface area contributed by atoms with Crippen molar-refractivity contribution in [2.24, 2.45) is 0 Å². The molecule has 1 saturated heterocycles. The number of hydrogen-bond acceptors (Lipinski definition) is 4. The Morgan fingerprint density at radius 2 is 1.56 bits per heavy atom. The van der Waals surface area contributed by atoms with Gasteiger partial charge in [-0.15, -0.1) is 0 Å². The normalized spacial score (nSPS) is 16.7. The maximum absolute atomic E-state index is 12.9. The van der Waals surface area contributed by atoms with Crippen LogP contribution in [0.1, 0.15) is 48.4 Å². The molecule has 0 unspecified atom stereocenters. The number of nitrogens with zero attached hydrogens (tertiary/aromatic N) is 3. The van der Waals surface area contributed by atoms with Gasteiger partial charge in [0.15, 0.2) is 0 Å². The zero-order valence-corrected chi connectivity index (χ0v) is 25.4. The largest absolute Gasteiger partial charge is 0.489 e. The van der Waals surface area contributed by atoms with Crippen LogP contribution in [0, 0.1) is 0 Å². The van der Waals surface area contributed by atoms with Crippen LogP contribution in [0.25, 0.3) is 11.0 Å². The zero-order valence-electron chi connectivity index (χ0n) is 25.4. The van der Waals surface area contributed by atoms with Gasteiger partial charge in [-0.3, -0.25) is 9.47 Å². The van der Waals surface area contributed by atoms with E-state index >= 15 is 0 Å². The van der Waals surface area contributed by atoms with Gasteiger partial charge in [0.2, 0.25) is 0 Å². The van der Waals surface area contributed by atoms with E-state index in [2.05, 4.69) is 58.4 Å². The summed E-state index contributed by atoms with van der Waals surface area (Å²) in [5.41, 5.74) is 5.08. The van der Waals surface area contributed by atoms with Crippen molar-refractivity contribution in [3.8, 4) is 5.75 Å². The fourth-order valence-corrected chi connectivity index (χ4v) is 6.57. The third-order valence-corrected chi connectivity index (χ3v) is 8.74. The Morgan fingerprint density at radius 1 is 0.867 bits per heavy atom. The number of rotatable bonds is 12. The lowest BCUT2D eigenvalue weighted by atomic mass is 9.93. The van der Waals surface area contributed by atoms with Gasteiger partial charge in [0.25, 0.3) is 0 Å². The van der Waals surface area contributed by atoms with Crippen LogP contribution in [0.4, 0.5) is 4.79 Å². The first kappa shape index (κ1) is 30.2. The lowest BCUT2D eigenvalue weighted by molar-refractivity contribution is 0.0853. The molecule has 4 aromatic carbocycles. The third kappa shape index (κ3) is 7.64. The van der Waals surface area contributed by atoms with E-state index in [4.69, 9.17) is 4.74 Å². The number of aromatic amines is 1. The Labute approximate surface area is 263 Å². The van der Waals surface area contributed by atoms with Crippen molar-refractivity contribution in [1.29, 1.82) is 0 Å². The number of amides is 1. The highest BCUT2D eigenvalue weighted by molar-refractivity contribution is 5.75. The van der Waals surface area contributed by atoms with Crippen LogP contribution in [0.3, 0.4) is 0 Å². The molecule has 1 aliphatic rings. The van der Waals surface area contributed by atoms with E-state index in [0.717, 1.165) is 54.8 Å². The third-order valence-electron chi connectivity index (χ3n) is 8.74. The minimum absolute atomic E-state index is 0.0479. The van der Waals surface area contributed by atoms with Gasteiger partial charge in [-0.1, -0.05) is 84.9 Å². The molecule has 8 nitrogen and oxygen atoms in total. The molecule has 0 spiro atoms. The van der Waals surface area contributed by atoms with E-state index in [0.29, 0.717) is 26.0 Å². The number of carboxylic acid groups (broad SMARTS) is 1. The zero-order chi connectivity index (χ0) is 31.0. The van der Waals surface area contributed by atoms with Crippen molar-refractivity contribution in [1.82, 2.24) is 19.4 Å². The van der Waals surface area contributed by atoms with Crippen molar-refractivity contribution >= 4 is 17.1 Å². The second-order valence-corrected chi connectivity index (χ2v) is 11.9. The summed E-state index contributed by atoms with van der Waals surface area (Å²) in [5.74, 6) is 0.842. The van der Waals surface area contributed by atoms with Crippen molar-refractivity contribution in [2.45, 2.75) is 57.5 Å². The predicted octanol–water partition coefficient (Wildman–Crippen LogP) is 7.07. The van der Waals surface area contributed by atoms with Gasteiger partial charge in [-0.2, -0.15) is 0 Å². The minimum atomic E-state index is -0.891. The molecule has 1 fully saturated rings. The molecule has 1 aliphatic heterocycles. The Bertz CT molecular complexity index is 1750. The molecule has 0 aliphatic carbocycles. The Kier molecular flexibility index (Phi) is 9.61. The number of H-pyrrole nitrogens is 1. The number of likely N-dealkylation sites (tertiary alicyclic amines) is 1. The summed E-state index contributed by atoms with van der Waals surface area (Å²) in [5, 5.41) is 10.0. The van der Waals surface area contributed by atoms with E-state index < -0.39 is 6.09 Å². The fraction of sp³-hybridized carbons (Fsp3) is 0.297. The van der Waals surface area contributed by atoms with E-state index in [1.165, 1.54) is 11.1 Å². The monoisotopic (exact) mass is 604 g/mol. The first-order valence-electron chi connectivity index (χ1n) is 15.7. The van der Waals surface area contributed by atoms with E-state index in [9.17, 15) is 14.7 Å². The molecule has 6 rings (SSSR count). The number of para-hydroxylation sites is 2. The van der Waals surface area contributed by atoms with Crippen molar-refractivity contribution < 1.29 is 14.6 Å². The molecule has 2 atom stereocenters. The second-order valence-electron chi connectivity index (χ2n) is 11.9. The van der Waals surface area contributed by atoms with Gasteiger partial charge in [-0.25, -0.2) is 9.59 Å². The number of nitrogens with one attached hydrogen (secondary N) is 1. The molecule has 8 heteroatoms. The van der Waals surface area contributed by atoms with Crippen molar-refractivity contribution in [3.05, 3.63) is 136 Å². The van der Waals surface area contributed by atoms with Gasteiger partial charge in [0.05, 0.1) is 11.0 Å². The number of carbonyl (C=O) groups is 1. The van der Waals surface area contributed by atoms with Crippen molar-refractivity contribution in [3.63, 3.8) is 0 Å². The summed E-state index contributed by atoms with van der Waals surface area (Å²) >= 11 is 0. The lowest BCUT2D eigenvalue weighted by Crippen LogP contribution is -2.47. The molecule has 45 heavy (non-hydrogen) atoms. The molecular formula is C37H40N4O4. The molecule has 2 N–H and O–H groups in total. The highest BCUT2D eigenvalue weighted by Crippen LogP contribution is 2.31. The first-order valence-corrected chi connectivity index (χ1v) is 15.7. The number of ether oxygens (including phenoxy) is 1. The number of benzene rings is 4. The minimum Gasteiger partial charge on any atom is -0.489 e. The van der Waals surface area contributed by atoms with E-state index in [1.807, 2.05) is 65.2 Å². The maximum Gasteiger partial charge on any atom is 0.407 e. The smallest absolute Gasteiger partial charge is 0.407 e. The van der Waals surface area contributed by atoms with Crippen LogP contribution in [-0.2, 0) is 19.7 Å². The summed E-state index contributed by atoms with van der Waals surface area (Å²) < 4.78 is 7.93. The van der Waals surface area contributed by atoms with Crippen molar-refractivity contribution in [2.75, 3.05) is 13.1 Å². The highest BCUT2D eigenvalue weighted by Gasteiger charge is 2.33. The Morgan fingerprint density at radius 3 is 2.33 bits per heavy atom. The summed E-state index contributed by atoms with van der Waals surface area (Å²) in [6.07, 6.45) is 1.91. The molecular weight excluding hydrogens is 564 g/mol. The van der Waals surface area contributed by atoms with Gasteiger partial charge in [0, 0.05) is 31.7 Å². The number of piperidine rings is 1. The standard InChI is InChI=1S/C37H40N4O4/c42-36-38-34-18-7-8-19-35(34)41(36)32-20-22-40(37(43)44)31(24-32)16-10-21-39(25-28-11-3-1-4-12-28)26-30-15-9-17-33(23-30)45-27-29-13-5-2-6-14-29/h1-9,11-15,17-19,23,31-32H,10,16,20-22,24-27H2,(H,38,42)(H,43,44)/t31-,32-/m0/s1. The predicted molar refractivity (Wildman–Crippen MR) is 176 cm³/mol. The fourth-order valence-electron chi connectivity index (χ4n) is 6.57. The SMILES string of the molecule is O=C(O)N1CC[C@H](n2c(=O)[nH]c3ccccc32)C[C@@H]1CCCN(Cc1ccccc1)Cc1cccc(OCc2ccccc2)c1. The topological polar surface area (TPSA) is 90.8 Å². The average molecular weight is 605 g/mol. The van der Waals surface area contributed by atoms with Crippen LogP contribution in [0.2, 0.25) is 0 Å². The molecule has 1 aromatic heterocycles. The van der Waals surface area contributed by atoms with Gasteiger partial charge in [0.1, 0.15) is 12.4 Å². The Balaban J connectivity index is 1.13. The molecule has 0 bridgehead atoms. The summed E-state index contributed by atoms with van der Waals surface area (Å²) in [4.78, 5) is 32.1. The molecule has 1 amide bonds. The van der Waals surface area contributed by atoms with E-state index in [-0.39, 0.29) is 17.8 Å². The molecule has 0 radical (unpaired) electrons. The molecule has 5 aromatic rings. The quantitative estimate of drug-likeness (QED) is 0.159. The van der Waals surface area contributed by atoms with Crippen LogP contribution in [-0.4, -0.2) is 49.7 Å². The second kappa shape index (κ2) is 14.3. The molecule has 232 valence electrons. The van der Waals surface area contributed by atoms with Gasteiger partial charge in [-0.05, 0) is 73.2 Å². The van der Waals surface area contributed by atoms with Crippen LogP contribution < -0.4 is 10.4 Å². The number of fused-ring (bicyclic) bond motifs is 1. The molecule has 0 saturated carbocycles. The Hall–Kier alpha value is -4.82. The van der Waals surface area contributed by atoms with E-state index in [1.54, 1.807) is 4.90 Å². The average Bonchev–Trinajstić information content (AvgIpc) is 3.40. The van der Waals surface area contributed by atoms with Crippen LogP contribution in [0.5, 0.6) is 5.75 Å². The lowest BCUT2D eigenvalue weighted by Gasteiger charge is -2.38. The summed E-state index contributed by atoms with van der Waals surface area (Å²) in [6.45, 7) is 3.28. The van der Waals surface area contributed by atoms with Crippen LogP contribution >= 0.6 is 0 Å².